The number of anilines is 1. The van der Waals surface area contributed by atoms with E-state index in [1.165, 1.54) is 24.2 Å². The molecule has 0 spiro atoms. The monoisotopic (exact) mass is 254 g/mol. The van der Waals surface area contributed by atoms with E-state index in [-0.39, 0.29) is 5.91 Å². The maximum atomic E-state index is 11.7. The molecule has 1 aromatic rings. The summed E-state index contributed by atoms with van der Waals surface area (Å²) in [6, 6.07) is 0.359. The van der Waals surface area contributed by atoms with Crippen LogP contribution < -0.4 is 5.32 Å². The van der Waals surface area contributed by atoms with Crippen LogP contribution in [0.4, 0.5) is 5.13 Å². The zero-order valence-corrected chi connectivity index (χ0v) is 11.3. The summed E-state index contributed by atoms with van der Waals surface area (Å²) >= 11 is 1.49. The Labute approximate surface area is 105 Å². The van der Waals surface area contributed by atoms with E-state index in [0.717, 1.165) is 5.01 Å². The second kappa shape index (κ2) is 5.10. The maximum absolute atomic E-state index is 11.7. The molecule has 1 fully saturated rings. The Kier molecular flexibility index (Phi) is 3.73. The Morgan fingerprint density at radius 3 is 2.82 bits per heavy atom. The van der Waals surface area contributed by atoms with E-state index < -0.39 is 0 Å². The van der Waals surface area contributed by atoms with Crippen LogP contribution in [-0.2, 0) is 4.79 Å². The van der Waals surface area contributed by atoms with Gasteiger partial charge in [0.2, 0.25) is 11.0 Å². The van der Waals surface area contributed by atoms with Gasteiger partial charge in [-0.25, -0.2) is 0 Å². The van der Waals surface area contributed by atoms with Gasteiger partial charge in [0.05, 0.1) is 6.54 Å². The number of likely N-dealkylation sites (N-methyl/N-ethyl adjacent to an activating group) is 1. The predicted molar refractivity (Wildman–Crippen MR) is 68.3 cm³/mol. The minimum absolute atomic E-state index is 0.0281. The Bertz CT molecular complexity index is 400. The van der Waals surface area contributed by atoms with Crippen LogP contribution in [0.25, 0.3) is 0 Å². The summed E-state index contributed by atoms with van der Waals surface area (Å²) in [5.41, 5.74) is 0. The fraction of sp³-hybridized carbons (Fsp3) is 0.727. The molecule has 0 saturated heterocycles. The van der Waals surface area contributed by atoms with Gasteiger partial charge in [0.25, 0.3) is 0 Å². The maximum Gasteiger partial charge on any atom is 0.240 e. The molecule has 17 heavy (non-hydrogen) atoms. The van der Waals surface area contributed by atoms with Gasteiger partial charge in [0.15, 0.2) is 0 Å². The predicted octanol–water partition coefficient (Wildman–Crippen LogP) is 1.69. The number of carbonyl (C=O) groups excluding carboxylic acids is 1. The summed E-state index contributed by atoms with van der Waals surface area (Å²) < 4.78 is 0. The molecule has 1 aliphatic carbocycles. The lowest BCUT2D eigenvalue weighted by Gasteiger charge is -2.19. The summed E-state index contributed by atoms with van der Waals surface area (Å²) in [5.74, 6) is 0.566. The molecule has 1 amide bonds. The smallest absolute Gasteiger partial charge is 0.240 e. The van der Waals surface area contributed by atoms with E-state index in [1.54, 1.807) is 0 Å². The molecule has 1 N–H and O–H groups in total. The Balaban J connectivity index is 1.84. The lowest BCUT2D eigenvalue weighted by molar-refractivity contribution is -0.117. The third-order valence-electron chi connectivity index (χ3n) is 2.89. The summed E-state index contributed by atoms with van der Waals surface area (Å²) in [7, 11) is 1.93. The second-order valence-corrected chi connectivity index (χ2v) is 5.79. The number of aromatic nitrogens is 2. The largest absolute Gasteiger partial charge is 0.299 e. The van der Waals surface area contributed by atoms with Crippen molar-refractivity contribution in [2.24, 2.45) is 0 Å². The Morgan fingerprint density at radius 1 is 1.53 bits per heavy atom. The van der Waals surface area contributed by atoms with Crippen molar-refractivity contribution < 1.29 is 4.79 Å². The average Bonchev–Trinajstić information content (AvgIpc) is 3.00. The van der Waals surface area contributed by atoms with Crippen molar-refractivity contribution in [3.8, 4) is 0 Å². The molecule has 0 unspecified atom stereocenters. The normalized spacial score (nSPS) is 15.6. The van der Waals surface area contributed by atoms with Crippen LogP contribution in [0.5, 0.6) is 0 Å². The summed E-state index contributed by atoms with van der Waals surface area (Å²) in [6.45, 7) is 4.50. The highest BCUT2D eigenvalue weighted by atomic mass is 32.1. The SMILES string of the molecule is CC(C)N(C)CC(=O)Nc1nnc(C2CC2)s1. The van der Waals surface area contributed by atoms with Crippen molar-refractivity contribution in [2.45, 2.75) is 38.6 Å². The van der Waals surface area contributed by atoms with Crippen molar-refractivity contribution >= 4 is 22.4 Å². The molecule has 0 aliphatic heterocycles. The first-order valence-electron chi connectivity index (χ1n) is 5.89. The number of nitrogens with zero attached hydrogens (tertiary/aromatic N) is 3. The molecule has 1 heterocycles. The minimum Gasteiger partial charge on any atom is -0.299 e. The number of nitrogens with one attached hydrogen (secondary N) is 1. The number of hydrogen-bond acceptors (Lipinski definition) is 5. The second-order valence-electron chi connectivity index (χ2n) is 4.78. The van der Waals surface area contributed by atoms with Gasteiger partial charge < -0.3 is 0 Å². The highest BCUT2D eigenvalue weighted by molar-refractivity contribution is 7.15. The molecule has 5 nitrogen and oxygen atoms in total. The molecule has 6 heteroatoms. The third kappa shape index (κ3) is 3.47. The average molecular weight is 254 g/mol. The fourth-order valence-corrected chi connectivity index (χ4v) is 2.28. The quantitative estimate of drug-likeness (QED) is 0.868. The zero-order chi connectivity index (χ0) is 12.4. The van der Waals surface area contributed by atoms with Crippen molar-refractivity contribution in [3.63, 3.8) is 0 Å². The number of amides is 1. The van der Waals surface area contributed by atoms with E-state index in [4.69, 9.17) is 0 Å². The molecule has 0 aromatic carbocycles. The third-order valence-corrected chi connectivity index (χ3v) is 3.89. The van der Waals surface area contributed by atoms with Crippen LogP contribution in [-0.4, -0.2) is 40.6 Å². The van der Waals surface area contributed by atoms with Gasteiger partial charge in [-0.05, 0) is 33.7 Å². The van der Waals surface area contributed by atoms with E-state index >= 15 is 0 Å². The van der Waals surface area contributed by atoms with Crippen molar-refractivity contribution in [1.82, 2.24) is 15.1 Å². The molecule has 1 saturated carbocycles. The Morgan fingerprint density at radius 2 is 2.24 bits per heavy atom. The first-order valence-corrected chi connectivity index (χ1v) is 6.71. The van der Waals surface area contributed by atoms with Crippen molar-refractivity contribution in [1.29, 1.82) is 0 Å². The lowest BCUT2D eigenvalue weighted by atomic mass is 10.3. The van der Waals surface area contributed by atoms with Crippen LogP contribution in [0, 0.1) is 0 Å². The van der Waals surface area contributed by atoms with Crippen LogP contribution in [0.15, 0.2) is 0 Å². The van der Waals surface area contributed by atoms with Crippen LogP contribution in [0.1, 0.15) is 37.6 Å². The minimum atomic E-state index is -0.0281. The molecule has 0 bridgehead atoms. The topological polar surface area (TPSA) is 58.1 Å². The summed E-state index contributed by atoms with van der Waals surface area (Å²) in [4.78, 5) is 13.7. The van der Waals surface area contributed by atoms with Gasteiger partial charge in [-0.3, -0.25) is 15.0 Å². The molecule has 2 rings (SSSR count). The Hall–Kier alpha value is -1.01. The molecule has 0 radical (unpaired) electrons. The molecule has 1 aromatic heterocycles. The van der Waals surface area contributed by atoms with Gasteiger partial charge in [-0.2, -0.15) is 0 Å². The van der Waals surface area contributed by atoms with Crippen molar-refractivity contribution in [2.75, 3.05) is 18.9 Å². The van der Waals surface area contributed by atoms with Crippen LogP contribution in [0.3, 0.4) is 0 Å². The molecular formula is C11H18N4OS. The first kappa shape index (κ1) is 12.4. The zero-order valence-electron chi connectivity index (χ0n) is 10.4. The van der Waals surface area contributed by atoms with Crippen LogP contribution in [0.2, 0.25) is 0 Å². The molecular weight excluding hydrogens is 236 g/mol. The van der Waals surface area contributed by atoms with Crippen molar-refractivity contribution in [3.05, 3.63) is 5.01 Å². The van der Waals surface area contributed by atoms with Gasteiger partial charge in [0.1, 0.15) is 5.01 Å². The van der Waals surface area contributed by atoms with E-state index in [9.17, 15) is 4.79 Å². The first-order chi connectivity index (χ1) is 8.06. The van der Waals surface area contributed by atoms with E-state index in [2.05, 4.69) is 29.4 Å². The van der Waals surface area contributed by atoms with Crippen LogP contribution >= 0.6 is 11.3 Å². The highest BCUT2D eigenvalue weighted by Gasteiger charge is 2.27. The highest BCUT2D eigenvalue weighted by Crippen LogP contribution is 2.41. The fourth-order valence-electron chi connectivity index (χ4n) is 1.35. The van der Waals surface area contributed by atoms with Gasteiger partial charge in [-0.1, -0.05) is 11.3 Å². The van der Waals surface area contributed by atoms with E-state index in [1.807, 2.05) is 11.9 Å². The van der Waals surface area contributed by atoms with E-state index in [0.29, 0.717) is 23.6 Å². The summed E-state index contributed by atoms with van der Waals surface area (Å²) in [6.07, 6.45) is 2.41. The van der Waals surface area contributed by atoms with Gasteiger partial charge >= 0.3 is 0 Å². The number of carbonyl (C=O) groups is 1. The molecule has 94 valence electrons. The number of hydrogen-bond donors (Lipinski definition) is 1. The van der Waals surface area contributed by atoms with Gasteiger partial charge in [0, 0.05) is 12.0 Å². The standard InChI is InChI=1S/C11H18N4OS/c1-7(2)15(3)6-9(16)12-11-14-13-10(17-11)8-4-5-8/h7-8H,4-6H2,1-3H3,(H,12,14,16). The number of rotatable bonds is 5. The molecule has 1 aliphatic rings. The summed E-state index contributed by atoms with van der Waals surface area (Å²) in [5, 5.41) is 12.5. The lowest BCUT2D eigenvalue weighted by Crippen LogP contribution is -2.34. The van der Waals surface area contributed by atoms with Gasteiger partial charge in [-0.15, -0.1) is 10.2 Å². The molecule has 0 atom stereocenters.